The van der Waals surface area contributed by atoms with Crippen LogP contribution in [0.4, 0.5) is 4.39 Å². The minimum Gasteiger partial charge on any atom is -0.348 e. The van der Waals surface area contributed by atoms with Gasteiger partial charge in [0.25, 0.3) is 5.91 Å². The van der Waals surface area contributed by atoms with Crippen molar-refractivity contribution in [3.63, 3.8) is 0 Å². The molecule has 2 aromatic carbocycles. The third kappa shape index (κ3) is 4.05. The van der Waals surface area contributed by atoms with E-state index in [1.807, 2.05) is 0 Å². The Balaban J connectivity index is 1.64. The van der Waals surface area contributed by atoms with E-state index >= 15 is 0 Å². The molecule has 0 radical (unpaired) electrons. The van der Waals surface area contributed by atoms with Gasteiger partial charge >= 0.3 is 0 Å². The second-order valence-electron chi connectivity index (χ2n) is 5.95. The van der Waals surface area contributed by atoms with Crippen molar-refractivity contribution >= 4 is 15.9 Å². The third-order valence-corrected chi connectivity index (χ3v) is 6.08. The van der Waals surface area contributed by atoms with Crippen LogP contribution in [0.15, 0.2) is 53.4 Å². The molecule has 0 atom stereocenters. The van der Waals surface area contributed by atoms with E-state index in [0.717, 1.165) is 18.4 Å². The molecule has 1 amide bonds. The number of rotatable bonds is 5. The molecule has 1 N–H and O–H groups in total. The Morgan fingerprint density at radius 3 is 2.40 bits per heavy atom. The van der Waals surface area contributed by atoms with Crippen molar-refractivity contribution < 1.29 is 17.6 Å². The Morgan fingerprint density at radius 2 is 1.76 bits per heavy atom. The summed E-state index contributed by atoms with van der Waals surface area (Å²) in [6, 6.07) is 11.9. The molecule has 0 saturated carbocycles. The molecule has 7 heteroatoms. The largest absolute Gasteiger partial charge is 0.348 e. The van der Waals surface area contributed by atoms with Crippen LogP contribution < -0.4 is 5.32 Å². The molecule has 25 heavy (non-hydrogen) atoms. The topological polar surface area (TPSA) is 66.5 Å². The van der Waals surface area contributed by atoms with Gasteiger partial charge in [0.2, 0.25) is 10.0 Å². The number of benzene rings is 2. The average Bonchev–Trinajstić information content (AvgIpc) is 3.15. The van der Waals surface area contributed by atoms with Crippen LogP contribution in [-0.2, 0) is 16.6 Å². The molecule has 0 aromatic heterocycles. The number of halogens is 1. The smallest absolute Gasteiger partial charge is 0.251 e. The summed E-state index contributed by atoms with van der Waals surface area (Å²) >= 11 is 0. The zero-order valence-corrected chi connectivity index (χ0v) is 14.4. The van der Waals surface area contributed by atoms with Crippen LogP contribution in [0.5, 0.6) is 0 Å². The molecule has 3 rings (SSSR count). The maximum Gasteiger partial charge on any atom is 0.251 e. The Morgan fingerprint density at radius 1 is 1.08 bits per heavy atom. The van der Waals surface area contributed by atoms with Gasteiger partial charge < -0.3 is 5.32 Å². The number of carbonyl (C=O) groups is 1. The molecular weight excluding hydrogens is 343 g/mol. The van der Waals surface area contributed by atoms with Crippen LogP contribution in [0.2, 0.25) is 0 Å². The second-order valence-corrected chi connectivity index (χ2v) is 7.89. The fraction of sp³-hybridized carbons (Fsp3) is 0.278. The zero-order valence-electron chi connectivity index (χ0n) is 13.6. The Bertz CT molecular complexity index is 860. The minimum atomic E-state index is -3.43. The van der Waals surface area contributed by atoms with Crippen molar-refractivity contribution in [1.29, 1.82) is 0 Å². The van der Waals surface area contributed by atoms with E-state index in [9.17, 15) is 17.6 Å². The SMILES string of the molecule is O=C(NCc1ccc(S(=O)(=O)N2CCCC2)cc1)c1cccc(F)c1. The van der Waals surface area contributed by atoms with Gasteiger partial charge in [0.05, 0.1) is 4.90 Å². The average molecular weight is 362 g/mol. The number of hydrogen-bond donors (Lipinski definition) is 1. The molecule has 1 aliphatic heterocycles. The van der Waals surface area contributed by atoms with E-state index in [4.69, 9.17) is 0 Å². The summed E-state index contributed by atoms with van der Waals surface area (Å²) in [5.41, 5.74) is 1.01. The number of hydrogen-bond acceptors (Lipinski definition) is 3. The number of nitrogens with zero attached hydrogens (tertiary/aromatic N) is 1. The van der Waals surface area contributed by atoms with Crippen LogP contribution >= 0.6 is 0 Å². The summed E-state index contributed by atoms with van der Waals surface area (Å²) < 4.78 is 39.5. The molecule has 5 nitrogen and oxygen atoms in total. The zero-order chi connectivity index (χ0) is 17.9. The highest BCUT2D eigenvalue weighted by Gasteiger charge is 2.26. The van der Waals surface area contributed by atoms with Crippen molar-refractivity contribution in [3.8, 4) is 0 Å². The van der Waals surface area contributed by atoms with Crippen molar-refractivity contribution in [2.75, 3.05) is 13.1 Å². The summed E-state index contributed by atoms with van der Waals surface area (Å²) in [7, 11) is -3.43. The van der Waals surface area contributed by atoms with Gasteiger partial charge in [-0.25, -0.2) is 12.8 Å². The monoisotopic (exact) mass is 362 g/mol. The molecule has 1 heterocycles. The van der Waals surface area contributed by atoms with Crippen LogP contribution in [0.25, 0.3) is 0 Å². The van der Waals surface area contributed by atoms with Gasteiger partial charge in [0, 0.05) is 25.2 Å². The summed E-state index contributed by atoms with van der Waals surface area (Å²) in [6.45, 7) is 1.36. The number of carbonyl (C=O) groups excluding carboxylic acids is 1. The summed E-state index contributed by atoms with van der Waals surface area (Å²) in [4.78, 5) is 12.2. The number of nitrogens with one attached hydrogen (secondary N) is 1. The maximum atomic E-state index is 13.1. The van der Waals surface area contributed by atoms with Gasteiger partial charge in [-0.3, -0.25) is 4.79 Å². The van der Waals surface area contributed by atoms with E-state index in [1.54, 1.807) is 24.3 Å². The van der Waals surface area contributed by atoms with E-state index < -0.39 is 15.8 Å². The molecule has 1 fully saturated rings. The fourth-order valence-electron chi connectivity index (χ4n) is 2.77. The van der Waals surface area contributed by atoms with E-state index in [-0.39, 0.29) is 22.9 Å². The molecule has 0 spiro atoms. The molecule has 0 bridgehead atoms. The van der Waals surface area contributed by atoms with Crippen molar-refractivity contribution in [3.05, 3.63) is 65.5 Å². The van der Waals surface area contributed by atoms with Crippen molar-refractivity contribution in [2.45, 2.75) is 24.3 Å². The molecule has 132 valence electrons. The summed E-state index contributed by atoms with van der Waals surface area (Å²) in [6.07, 6.45) is 1.78. The normalized spacial score (nSPS) is 15.2. The van der Waals surface area contributed by atoms with E-state index in [1.165, 1.54) is 28.6 Å². The molecule has 0 aliphatic carbocycles. The lowest BCUT2D eigenvalue weighted by Gasteiger charge is -2.15. The first kappa shape index (κ1) is 17.6. The first-order valence-corrected chi connectivity index (χ1v) is 9.54. The molecule has 1 saturated heterocycles. The van der Waals surface area contributed by atoms with Crippen LogP contribution in [0.3, 0.4) is 0 Å². The van der Waals surface area contributed by atoms with Gasteiger partial charge in [-0.05, 0) is 48.7 Å². The number of sulfonamides is 1. The van der Waals surface area contributed by atoms with E-state index in [0.29, 0.717) is 13.1 Å². The first-order chi connectivity index (χ1) is 12.0. The van der Waals surface area contributed by atoms with Crippen LogP contribution in [0.1, 0.15) is 28.8 Å². The lowest BCUT2D eigenvalue weighted by Crippen LogP contribution is -2.28. The van der Waals surface area contributed by atoms with Gasteiger partial charge in [-0.2, -0.15) is 4.31 Å². The van der Waals surface area contributed by atoms with Crippen LogP contribution in [0, 0.1) is 5.82 Å². The van der Waals surface area contributed by atoms with Gasteiger partial charge in [-0.15, -0.1) is 0 Å². The van der Waals surface area contributed by atoms with Crippen LogP contribution in [-0.4, -0.2) is 31.7 Å². The number of amides is 1. The second kappa shape index (κ2) is 7.33. The first-order valence-electron chi connectivity index (χ1n) is 8.10. The summed E-state index contributed by atoms with van der Waals surface area (Å²) in [5, 5.41) is 2.69. The van der Waals surface area contributed by atoms with Gasteiger partial charge in [0.15, 0.2) is 0 Å². The Hall–Kier alpha value is -2.25. The third-order valence-electron chi connectivity index (χ3n) is 4.17. The minimum absolute atomic E-state index is 0.236. The van der Waals surface area contributed by atoms with E-state index in [2.05, 4.69) is 5.32 Å². The van der Waals surface area contributed by atoms with Crippen molar-refractivity contribution in [1.82, 2.24) is 9.62 Å². The Labute approximate surface area is 146 Å². The summed E-state index contributed by atoms with van der Waals surface area (Å²) in [5.74, 6) is -0.850. The lowest BCUT2D eigenvalue weighted by molar-refractivity contribution is 0.0950. The Kier molecular flexibility index (Phi) is 5.15. The molecule has 2 aromatic rings. The lowest BCUT2D eigenvalue weighted by atomic mass is 10.2. The van der Waals surface area contributed by atoms with Crippen molar-refractivity contribution in [2.24, 2.45) is 0 Å². The predicted octanol–water partition coefficient (Wildman–Crippen LogP) is 2.54. The standard InChI is InChI=1S/C18H19FN2O3S/c19-16-5-3-4-15(12-16)18(22)20-13-14-6-8-17(9-7-14)25(23,24)21-10-1-2-11-21/h3-9,12H,1-2,10-11,13H2,(H,20,22). The predicted molar refractivity (Wildman–Crippen MR) is 92.0 cm³/mol. The highest BCUT2D eigenvalue weighted by Crippen LogP contribution is 2.21. The quantitative estimate of drug-likeness (QED) is 0.889. The molecular formula is C18H19FN2O3S. The highest BCUT2D eigenvalue weighted by molar-refractivity contribution is 7.89. The van der Waals surface area contributed by atoms with Gasteiger partial charge in [-0.1, -0.05) is 18.2 Å². The molecule has 1 aliphatic rings. The van der Waals surface area contributed by atoms with Gasteiger partial charge in [0.1, 0.15) is 5.82 Å². The maximum absolute atomic E-state index is 13.1. The highest BCUT2D eigenvalue weighted by atomic mass is 32.2. The fourth-order valence-corrected chi connectivity index (χ4v) is 4.29. The molecule has 0 unspecified atom stereocenters.